The maximum absolute atomic E-state index is 5.89. The number of hydrogen-bond acceptors (Lipinski definition) is 2. The van der Waals surface area contributed by atoms with Gasteiger partial charge in [0.15, 0.2) is 0 Å². The minimum absolute atomic E-state index is 0.472. The molecule has 1 aliphatic rings. The molecule has 1 fully saturated rings. The van der Waals surface area contributed by atoms with Crippen LogP contribution in [-0.2, 0) is 0 Å². The molecule has 1 aliphatic carbocycles. The van der Waals surface area contributed by atoms with Crippen molar-refractivity contribution in [2.75, 3.05) is 6.54 Å². The first-order valence-electron chi connectivity index (χ1n) is 7.83. The van der Waals surface area contributed by atoms with Crippen LogP contribution in [0.5, 0.6) is 5.75 Å². The summed E-state index contributed by atoms with van der Waals surface area (Å²) in [7, 11) is 0. The standard InChI is InChI=1S/C17H27NO/c1-3-5-6-10-17(18-4-2)14-8-7-9-16(13-14)19-15-11-12-15/h7-9,13,15,17-18H,3-6,10-12H2,1-2H3. The number of rotatable bonds is 9. The summed E-state index contributed by atoms with van der Waals surface area (Å²) in [6.45, 7) is 5.45. The Kier molecular flexibility index (Phi) is 5.71. The maximum Gasteiger partial charge on any atom is 0.120 e. The molecule has 1 N–H and O–H groups in total. The van der Waals surface area contributed by atoms with Gasteiger partial charge in [-0.2, -0.15) is 0 Å². The Morgan fingerprint density at radius 3 is 2.79 bits per heavy atom. The van der Waals surface area contributed by atoms with Gasteiger partial charge in [-0.25, -0.2) is 0 Å². The van der Waals surface area contributed by atoms with E-state index in [1.54, 1.807) is 0 Å². The van der Waals surface area contributed by atoms with Gasteiger partial charge in [0.05, 0.1) is 6.10 Å². The molecule has 0 heterocycles. The average molecular weight is 261 g/mol. The van der Waals surface area contributed by atoms with Crippen molar-refractivity contribution in [1.29, 1.82) is 0 Å². The van der Waals surface area contributed by atoms with Gasteiger partial charge < -0.3 is 10.1 Å². The third-order valence-corrected chi connectivity index (χ3v) is 3.63. The summed E-state index contributed by atoms with van der Waals surface area (Å²) in [5.74, 6) is 1.04. The number of nitrogens with one attached hydrogen (secondary N) is 1. The SMILES string of the molecule is CCCCCC(NCC)c1cccc(OC2CC2)c1. The van der Waals surface area contributed by atoms with Gasteiger partial charge in [-0.1, -0.05) is 45.2 Å². The molecule has 0 radical (unpaired) electrons. The molecule has 1 aromatic carbocycles. The summed E-state index contributed by atoms with van der Waals surface area (Å²) in [6, 6.07) is 9.12. The van der Waals surface area contributed by atoms with Gasteiger partial charge in [0.25, 0.3) is 0 Å². The molecule has 0 spiro atoms. The molecule has 1 saturated carbocycles. The van der Waals surface area contributed by atoms with Crippen LogP contribution >= 0.6 is 0 Å². The van der Waals surface area contributed by atoms with Crippen LogP contribution in [0.15, 0.2) is 24.3 Å². The third-order valence-electron chi connectivity index (χ3n) is 3.63. The molecular formula is C17H27NO. The third kappa shape index (κ3) is 4.87. The Morgan fingerprint density at radius 2 is 2.11 bits per heavy atom. The van der Waals surface area contributed by atoms with Gasteiger partial charge in [-0.15, -0.1) is 0 Å². The lowest BCUT2D eigenvalue weighted by molar-refractivity contribution is 0.302. The van der Waals surface area contributed by atoms with Gasteiger partial charge in [-0.05, 0) is 43.5 Å². The number of unbranched alkanes of at least 4 members (excludes halogenated alkanes) is 2. The summed E-state index contributed by atoms with van der Waals surface area (Å²) in [5, 5.41) is 3.60. The minimum atomic E-state index is 0.472. The van der Waals surface area contributed by atoms with Crippen molar-refractivity contribution >= 4 is 0 Å². The molecular weight excluding hydrogens is 234 g/mol. The van der Waals surface area contributed by atoms with Gasteiger partial charge >= 0.3 is 0 Å². The summed E-state index contributed by atoms with van der Waals surface area (Å²) in [5.41, 5.74) is 1.37. The second-order valence-corrected chi connectivity index (χ2v) is 5.50. The van der Waals surface area contributed by atoms with Gasteiger partial charge in [0, 0.05) is 6.04 Å². The molecule has 19 heavy (non-hydrogen) atoms. The van der Waals surface area contributed by atoms with Crippen LogP contribution in [0, 0.1) is 0 Å². The number of ether oxygens (including phenoxy) is 1. The van der Waals surface area contributed by atoms with E-state index in [1.807, 2.05) is 0 Å². The van der Waals surface area contributed by atoms with Gasteiger partial charge in [0.2, 0.25) is 0 Å². The molecule has 1 unspecified atom stereocenters. The van der Waals surface area contributed by atoms with Crippen LogP contribution < -0.4 is 10.1 Å². The lowest BCUT2D eigenvalue weighted by Crippen LogP contribution is -2.20. The molecule has 2 rings (SSSR count). The maximum atomic E-state index is 5.89. The Hall–Kier alpha value is -1.02. The highest BCUT2D eigenvalue weighted by molar-refractivity contribution is 5.31. The van der Waals surface area contributed by atoms with E-state index >= 15 is 0 Å². The molecule has 0 amide bonds. The quantitative estimate of drug-likeness (QED) is 0.663. The van der Waals surface area contributed by atoms with E-state index in [4.69, 9.17) is 4.74 Å². The number of benzene rings is 1. The van der Waals surface area contributed by atoms with Crippen LogP contribution in [0.1, 0.15) is 64.0 Å². The van der Waals surface area contributed by atoms with Crippen LogP contribution in [-0.4, -0.2) is 12.6 Å². The molecule has 106 valence electrons. The Balaban J connectivity index is 1.97. The predicted octanol–water partition coefficient (Wildman–Crippen LogP) is 4.46. The van der Waals surface area contributed by atoms with Crippen LogP contribution in [0.3, 0.4) is 0 Å². The molecule has 0 saturated heterocycles. The Morgan fingerprint density at radius 1 is 1.26 bits per heavy atom. The molecule has 1 atom stereocenters. The van der Waals surface area contributed by atoms with E-state index in [1.165, 1.54) is 44.1 Å². The zero-order valence-electron chi connectivity index (χ0n) is 12.3. The molecule has 0 bridgehead atoms. The minimum Gasteiger partial charge on any atom is -0.490 e. The first-order valence-corrected chi connectivity index (χ1v) is 7.83. The number of hydrogen-bond donors (Lipinski definition) is 1. The van der Waals surface area contributed by atoms with Crippen molar-refractivity contribution in [3.63, 3.8) is 0 Å². The topological polar surface area (TPSA) is 21.3 Å². The van der Waals surface area contributed by atoms with Crippen molar-refractivity contribution in [2.45, 2.75) is 64.5 Å². The zero-order valence-corrected chi connectivity index (χ0v) is 12.3. The molecule has 1 aromatic rings. The average Bonchev–Trinajstić information content (AvgIpc) is 3.22. The van der Waals surface area contributed by atoms with Crippen LogP contribution in [0.4, 0.5) is 0 Å². The van der Waals surface area contributed by atoms with Crippen LogP contribution in [0.2, 0.25) is 0 Å². The van der Waals surface area contributed by atoms with E-state index in [9.17, 15) is 0 Å². The fourth-order valence-electron chi connectivity index (χ4n) is 2.41. The summed E-state index contributed by atoms with van der Waals surface area (Å²) in [6.07, 6.45) is 8.03. The molecule has 2 heteroatoms. The van der Waals surface area contributed by atoms with E-state index in [-0.39, 0.29) is 0 Å². The Bertz CT molecular complexity index is 373. The Labute approximate surface area is 117 Å². The van der Waals surface area contributed by atoms with Crippen molar-refractivity contribution in [3.8, 4) is 5.75 Å². The normalized spacial score (nSPS) is 16.3. The first-order chi connectivity index (χ1) is 9.33. The highest BCUT2D eigenvalue weighted by Gasteiger charge is 2.23. The van der Waals surface area contributed by atoms with E-state index in [0.717, 1.165) is 12.3 Å². The van der Waals surface area contributed by atoms with Gasteiger partial charge in [0.1, 0.15) is 5.75 Å². The highest BCUT2D eigenvalue weighted by atomic mass is 16.5. The van der Waals surface area contributed by atoms with Crippen LogP contribution in [0.25, 0.3) is 0 Å². The summed E-state index contributed by atoms with van der Waals surface area (Å²) < 4.78 is 5.89. The van der Waals surface area contributed by atoms with E-state index in [2.05, 4.69) is 43.4 Å². The lowest BCUT2D eigenvalue weighted by Gasteiger charge is -2.19. The fourth-order valence-corrected chi connectivity index (χ4v) is 2.41. The second kappa shape index (κ2) is 7.54. The zero-order chi connectivity index (χ0) is 13.5. The van der Waals surface area contributed by atoms with Crippen molar-refractivity contribution < 1.29 is 4.74 Å². The molecule has 2 nitrogen and oxygen atoms in total. The largest absolute Gasteiger partial charge is 0.490 e. The predicted molar refractivity (Wildman–Crippen MR) is 80.7 cm³/mol. The summed E-state index contributed by atoms with van der Waals surface area (Å²) in [4.78, 5) is 0. The van der Waals surface area contributed by atoms with Crippen molar-refractivity contribution in [2.24, 2.45) is 0 Å². The highest BCUT2D eigenvalue weighted by Crippen LogP contribution is 2.29. The van der Waals surface area contributed by atoms with Gasteiger partial charge in [-0.3, -0.25) is 0 Å². The smallest absolute Gasteiger partial charge is 0.120 e. The molecule has 0 aliphatic heterocycles. The first kappa shape index (κ1) is 14.4. The fraction of sp³-hybridized carbons (Fsp3) is 0.647. The van der Waals surface area contributed by atoms with E-state index < -0.39 is 0 Å². The van der Waals surface area contributed by atoms with E-state index in [0.29, 0.717) is 12.1 Å². The monoisotopic (exact) mass is 261 g/mol. The van der Waals surface area contributed by atoms with Crippen molar-refractivity contribution in [3.05, 3.63) is 29.8 Å². The lowest BCUT2D eigenvalue weighted by atomic mass is 10.00. The summed E-state index contributed by atoms with van der Waals surface area (Å²) >= 11 is 0. The van der Waals surface area contributed by atoms with Crippen molar-refractivity contribution in [1.82, 2.24) is 5.32 Å². The second-order valence-electron chi connectivity index (χ2n) is 5.50. The molecule has 0 aromatic heterocycles.